The second kappa shape index (κ2) is 12.6. The first-order valence-electron chi connectivity index (χ1n) is 11.9. The van der Waals surface area contributed by atoms with Crippen LogP contribution in [0.3, 0.4) is 0 Å². The number of anilines is 1. The molecule has 0 atom stereocenters. The molecule has 1 aliphatic heterocycles. The minimum absolute atomic E-state index is 0.00724. The predicted molar refractivity (Wildman–Crippen MR) is 126 cm³/mol. The Labute approximate surface area is 192 Å². The lowest BCUT2D eigenvalue weighted by molar-refractivity contribution is -0.185. The van der Waals surface area contributed by atoms with Crippen molar-refractivity contribution in [2.75, 3.05) is 25.0 Å². The van der Waals surface area contributed by atoms with Crippen LogP contribution in [0.25, 0.3) is 0 Å². The molecule has 0 unspecified atom stereocenters. The molecule has 7 nitrogen and oxygen atoms in total. The lowest BCUT2D eigenvalue weighted by Crippen LogP contribution is -2.33. The van der Waals surface area contributed by atoms with E-state index in [1.165, 1.54) is 5.06 Å². The maximum atomic E-state index is 12.5. The Morgan fingerprint density at radius 1 is 1.12 bits per heavy atom. The van der Waals surface area contributed by atoms with E-state index in [0.29, 0.717) is 38.1 Å². The minimum Gasteiger partial charge on any atom is -0.352 e. The van der Waals surface area contributed by atoms with Crippen LogP contribution in [-0.4, -0.2) is 42.5 Å². The number of carbonyl (C=O) groups is 3. The number of unbranched alkanes of at least 4 members (excludes halogenated alkanes) is 4. The molecule has 2 rings (SSSR count). The van der Waals surface area contributed by atoms with E-state index in [9.17, 15) is 14.4 Å². The normalized spacial score (nSPS) is 14.4. The molecule has 0 saturated carbocycles. The largest absolute Gasteiger partial charge is 0.352 e. The summed E-state index contributed by atoms with van der Waals surface area (Å²) in [5.74, 6) is -0.0465. The van der Waals surface area contributed by atoms with Crippen molar-refractivity contribution in [2.45, 2.75) is 84.5 Å². The molecule has 1 aliphatic rings. The van der Waals surface area contributed by atoms with Crippen LogP contribution in [0.5, 0.6) is 0 Å². The van der Waals surface area contributed by atoms with E-state index in [4.69, 9.17) is 4.84 Å². The fourth-order valence-corrected chi connectivity index (χ4v) is 3.89. The van der Waals surface area contributed by atoms with E-state index in [-0.39, 0.29) is 23.1 Å². The van der Waals surface area contributed by atoms with Gasteiger partial charge in [0.15, 0.2) is 0 Å². The van der Waals surface area contributed by atoms with Gasteiger partial charge in [0.05, 0.1) is 6.61 Å². The van der Waals surface area contributed by atoms with Crippen molar-refractivity contribution < 1.29 is 19.2 Å². The molecule has 2 N–H and O–H groups in total. The van der Waals surface area contributed by atoms with Gasteiger partial charge < -0.3 is 10.6 Å². The SMILES string of the molecule is CCCCON(CC)C(=O)CCCCCCNC(=O)c1ccc2c(c1)C(C)(C)CC(=O)N2. The van der Waals surface area contributed by atoms with Crippen molar-refractivity contribution in [2.24, 2.45) is 0 Å². The van der Waals surface area contributed by atoms with E-state index in [1.807, 2.05) is 32.9 Å². The molecular weight excluding hydrogens is 406 g/mol. The molecular formula is C25H39N3O4. The summed E-state index contributed by atoms with van der Waals surface area (Å²) in [6.45, 7) is 9.82. The van der Waals surface area contributed by atoms with Gasteiger partial charge in [0, 0.05) is 42.6 Å². The van der Waals surface area contributed by atoms with Gasteiger partial charge in [0.2, 0.25) is 11.8 Å². The van der Waals surface area contributed by atoms with Gasteiger partial charge in [-0.1, -0.05) is 40.0 Å². The topological polar surface area (TPSA) is 87.7 Å². The Morgan fingerprint density at radius 3 is 2.59 bits per heavy atom. The molecule has 0 aromatic heterocycles. The Morgan fingerprint density at radius 2 is 1.88 bits per heavy atom. The summed E-state index contributed by atoms with van der Waals surface area (Å²) >= 11 is 0. The molecule has 32 heavy (non-hydrogen) atoms. The molecule has 7 heteroatoms. The molecule has 0 spiro atoms. The third kappa shape index (κ3) is 7.62. The maximum Gasteiger partial charge on any atom is 0.251 e. The van der Waals surface area contributed by atoms with E-state index in [2.05, 4.69) is 17.6 Å². The zero-order chi connectivity index (χ0) is 23.6. The van der Waals surface area contributed by atoms with Crippen LogP contribution in [0.1, 0.15) is 95.0 Å². The van der Waals surface area contributed by atoms with Gasteiger partial charge in [-0.05, 0) is 49.9 Å². The number of hydrogen-bond acceptors (Lipinski definition) is 4. The number of carbonyl (C=O) groups excluding carboxylic acids is 3. The second-order valence-electron chi connectivity index (χ2n) is 9.06. The highest BCUT2D eigenvalue weighted by molar-refractivity contribution is 5.98. The van der Waals surface area contributed by atoms with E-state index in [1.54, 1.807) is 6.07 Å². The number of amides is 3. The lowest BCUT2D eigenvalue weighted by Gasteiger charge is -2.32. The first-order valence-corrected chi connectivity index (χ1v) is 11.9. The predicted octanol–water partition coefficient (Wildman–Crippen LogP) is 4.57. The van der Waals surface area contributed by atoms with E-state index < -0.39 is 0 Å². The minimum atomic E-state index is -0.292. The first kappa shape index (κ1) is 25.8. The van der Waals surface area contributed by atoms with Gasteiger partial charge >= 0.3 is 0 Å². The number of fused-ring (bicyclic) bond motifs is 1. The van der Waals surface area contributed by atoms with Crippen molar-refractivity contribution in [3.63, 3.8) is 0 Å². The van der Waals surface area contributed by atoms with E-state index in [0.717, 1.165) is 49.8 Å². The average Bonchev–Trinajstić information content (AvgIpc) is 2.75. The van der Waals surface area contributed by atoms with Crippen molar-refractivity contribution in [1.82, 2.24) is 10.4 Å². The Bertz CT molecular complexity index is 791. The fourth-order valence-electron chi connectivity index (χ4n) is 3.89. The van der Waals surface area contributed by atoms with Crippen molar-refractivity contribution in [3.05, 3.63) is 29.3 Å². The maximum absolute atomic E-state index is 12.5. The summed E-state index contributed by atoms with van der Waals surface area (Å²) < 4.78 is 0. The van der Waals surface area contributed by atoms with Crippen LogP contribution in [0.4, 0.5) is 5.69 Å². The molecule has 178 valence electrons. The molecule has 3 amide bonds. The van der Waals surface area contributed by atoms with Gasteiger partial charge in [0.25, 0.3) is 5.91 Å². The van der Waals surface area contributed by atoms with Crippen LogP contribution in [-0.2, 0) is 19.8 Å². The smallest absolute Gasteiger partial charge is 0.251 e. The van der Waals surface area contributed by atoms with Gasteiger partial charge in [-0.2, -0.15) is 0 Å². The first-order chi connectivity index (χ1) is 15.3. The van der Waals surface area contributed by atoms with Crippen LogP contribution in [0.15, 0.2) is 18.2 Å². The lowest BCUT2D eigenvalue weighted by atomic mass is 9.77. The van der Waals surface area contributed by atoms with Crippen LogP contribution in [0, 0.1) is 0 Å². The van der Waals surface area contributed by atoms with Gasteiger partial charge in [-0.15, -0.1) is 0 Å². The molecule has 1 aromatic rings. The van der Waals surface area contributed by atoms with Crippen molar-refractivity contribution in [3.8, 4) is 0 Å². The average molecular weight is 446 g/mol. The molecule has 0 radical (unpaired) electrons. The van der Waals surface area contributed by atoms with Gasteiger partial charge in [0.1, 0.15) is 0 Å². The molecule has 1 aromatic carbocycles. The Hall–Kier alpha value is -2.41. The molecule has 0 saturated heterocycles. The highest BCUT2D eigenvalue weighted by Crippen LogP contribution is 2.37. The number of benzene rings is 1. The summed E-state index contributed by atoms with van der Waals surface area (Å²) in [6, 6.07) is 5.45. The van der Waals surface area contributed by atoms with Gasteiger partial charge in [-0.3, -0.25) is 19.2 Å². The standard InChI is InChI=1S/C25H39N3O4/c1-5-7-16-32-28(6-2)23(30)12-10-8-9-11-15-26-24(31)19-13-14-21-20(17-19)25(3,4)18-22(29)27-21/h13-14,17H,5-12,15-16,18H2,1-4H3,(H,26,31)(H,27,29). The summed E-state index contributed by atoms with van der Waals surface area (Å²) in [4.78, 5) is 42.1. The third-order valence-corrected chi connectivity index (χ3v) is 5.80. The highest BCUT2D eigenvalue weighted by Gasteiger charge is 2.32. The Kier molecular flexibility index (Phi) is 10.2. The summed E-state index contributed by atoms with van der Waals surface area (Å²) in [6.07, 6.45) is 6.51. The van der Waals surface area contributed by atoms with Gasteiger partial charge in [-0.25, -0.2) is 5.06 Å². The van der Waals surface area contributed by atoms with Crippen LogP contribution >= 0.6 is 0 Å². The molecule has 0 fully saturated rings. The van der Waals surface area contributed by atoms with Crippen LogP contribution in [0.2, 0.25) is 0 Å². The Balaban J connectivity index is 1.67. The van der Waals surface area contributed by atoms with E-state index >= 15 is 0 Å². The van der Waals surface area contributed by atoms with Crippen LogP contribution < -0.4 is 10.6 Å². The monoisotopic (exact) mass is 445 g/mol. The summed E-state index contributed by atoms with van der Waals surface area (Å²) in [5.41, 5.74) is 2.10. The third-order valence-electron chi connectivity index (χ3n) is 5.80. The number of nitrogens with one attached hydrogen (secondary N) is 2. The molecule has 0 bridgehead atoms. The molecule has 0 aliphatic carbocycles. The summed E-state index contributed by atoms with van der Waals surface area (Å²) in [7, 11) is 0. The summed E-state index contributed by atoms with van der Waals surface area (Å²) in [5, 5.41) is 7.33. The fraction of sp³-hybridized carbons (Fsp3) is 0.640. The van der Waals surface area contributed by atoms with Crippen molar-refractivity contribution >= 4 is 23.4 Å². The number of hydroxylamine groups is 2. The van der Waals surface area contributed by atoms with Crippen molar-refractivity contribution in [1.29, 1.82) is 0 Å². The number of nitrogens with zero attached hydrogens (tertiary/aromatic N) is 1. The zero-order valence-electron chi connectivity index (χ0n) is 20.1. The number of rotatable bonds is 13. The second-order valence-corrected chi connectivity index (χ2v) is 9.06. The zero-order valence-corrected chi connectivity index (χ0v) is 20.1. The number of hydrogen-bond donors (Lipinski definition) is 2. The molecule has 1 heterocycles. The highest BCUT2D eigenvalue weighted by atomic mass is 16.7. The quantitative estimate of drug-likeness (QED) is 0.344.